The van der Waals surface area contributed by atoms with Crippen LogP contribution in [-0.4, -0.2) is 6.61 Å². The molecule has 0 aliphatic heterocycles. The maximum atomic E-state index is 11.5. The molecule has 0 radical (unpaired) electrons. The SMILES string of the molecule is CCOP(=O)(/C=C/F)/C=C/F. The first-order valence-corrected chi connectivity index (χ1v) is 4.74. The van der Waals surface area contributed by atoms with Gasteiger partial charge in [0.15, 0.2) is 0 Å². The van der Waals surface area contributed by atoms with E-state index >= 15 is 0 Å². The molecule has 0 aromatic heterocycles. The van der Waals surface area contributed by atoms with Gasteiger partial charge in [-0.05, 0) is 6.92 Å². The molecule has 0 saturated carbocycles. The molecule has 0 bridgehead atoms. The lowest BCUT2D eigenvalue weighted by molar-refractivity contribution is 0.346. The fraction of sp³-hybridized carbons (Fsp3) is 0.333. The molecule has 0 amide bonds. The summed E-state index contributed by atoms with van der Waals surface area (Å²) in [6.07, 6.45) is 0.160. The van der Waals surface area contributed by atoms with Crippen LogP contribution in [0.1, 0.15) is 6.92 Å². The van der Waals surface area contributed by atoms with Gasteiger partial charge in [0.05, 0.1) is 19.3 Å². The first kappa shape index (κ1) is 10.5. The Bertz CT molecular complexity index is 185. The number of hydrogen-bond acceptors (Lipinski definition) is 2. The standard InChI is InChI=1S/C6H9F2O2P/c1-2-10-11(9,5-3-7)6-4-8/h3-6H,2H2,1H3/b5-3+,6-4+. The van der Waals surface area contributed by atoms with Crippen molar-refractivity contribution in [3.63, 3.8) is 0 Å². The number of rotatable bonds is 4. The lowest BCUT2D eigenvalue weighted by atomic mass is 10.9. The molecule has 0 unspecified atom stereocenters. The van der Waals surface area contributed by atoms with Gasteiger partial charge >= 0.3 is 0 Å². The third-order valence-corrected chi connectivity index (χ3v) is 2.58. The second kappa shape index (κ2) is 5.22. The second-order valence-electron chi connectivity index (χ2n) is 1.61. The summed E-state index contributed by atoms with van der Waals surface area (Å²) in [4.78, 5) is 0. The maximum absolute atomic E-state index is 11.5. The maximum Gasteiger partial charge on any atom is 0.251 e. The minimum Gasteiger partial charge on any atom is -0.323 e. The van der Waals surface area contributed by atoms with Crippen LogP contribution in [0.5, 0.6) is 0 Å². The fourth-order valence-electron chi connectivity index (χ4n) is 0.495. The van der Waals surface area contributed by atoms with Crippen molar-refractivity contribution >= 4 is 7.37 Å². The Morgan fingerprint density at radius 1 is 1.36 bits per heavy atom. The van der Waals surface area contributed by atoms with E-state index in [1.165, 1.54) is 0 Å². The molecule has 0 aromatic carbocycles. The highest BCUT2D eigenvalue weighted by Gasteiger charge is 2.13. The van der Waals surface area contributed by atoms with Gasteiger partial charge in [-0.25, -0.2) is 8.78 Å². The molecule has 5 heteroatoms. The number of halogens is 2. The molecule has 0 N–H and O–H groups in total. The summed E-state index contributed by atoms with van der Waals surface area (Å²) in [6.45, 7) is 1.73. The lowest BCUT2D eigenvalue weighted by Gasteiger charge is -2.05. The van der Waals surface area contributed by atoms with E-state index in [2.05, 4.69) is 4.52 Å². The molecule has 0 aliphatic carbocycles. The van der Waals surface area contributed by atoms with E-state index in [-0.39, 0.29) is 19.3 Å². The van der Waals surface area contributed by atoms with Gasteiger partial charge in [-0.3, -0.25) is 4.57 Å². The molecular weight excluding hydrogens is 173 g/mol. The molecule has 2 nitrogen and oxygen atoms in total. The smallest absolute Gasteiger partial charge is 0.251 e. The van der Waals surface area contributed by atoms with Crippen LogP contribution >= 0.6 is 7.37 Å². The van der Waals surface area contributed by atoms with Crippen molar-refractivity contribution in [1.29, 1.82) is 0 Å². The highest BCUT2D eigenvalue weighted by Crippen LogP contribution is 2.50. The summed E-state index contributed by atoms with van der Waals surface area (Å²) >= 11 is 0. The van der Waals surface area contributed by atoms with Crippen LogP contribution in [0, 0.1) is 0 Å². The predicted octanol–water partition coefficient (Wildman–Crippen LogP) is 3.18. The van der Waals surface area contributed by atoms with Gasteiger partial charge in [-0.2, -0.15) is 0 Å². The quantitative estimate of drug-likeness (QED) is 0.624. The summed E-state index contributed by atoms with van der Waals surface area (Å²) in [5, 5.41) is 0. The Hall–Kier alpha value is -0.470. The summed E-state index contributed by atoms with van der Waals surface area (Å²) in [6, 6.07) is 0. The van der Waals surface area contributed by atoms with Crippen LogP contribution < -0.4 is 0 Å². The van der Waals surface area contributed by atoms with E-state index < -0.39 is 7.37 Å². The Morgan fingerprint density at radius 2 is 1.82 bits per heavy atom. The fourth-order valence-corrected chi connectivity index (χ4v) is 1.48. The van der Waals surface area contributed by atoms with Gasteiger partial charge in [0.1, 0.15) is 0 Å². The Morgan fingerprint density at radius 3 is 2.09 bits per heavy atom. The molecule has 0 atom stereocenters. The Kier molecular flexibility index (Phi) is 4.99. The summed E-state index contributed by atoms with van der Waals surface area (Å²) in [5.41, 5.74) is 0. The third kappa shape index (κ3) is 4.06. The molecule has 64 valence electrons. The minimum atomic E-state index is -3.33. The molecule has 0 saturated heterocycles. The molecule has 0 aromatic rings. The largest absolute Gasteiger partial charge is 0.323 e. The normalized spacial score (nSPS) is 13.4. The van der Waals surface area contributed by atoms with Crippen molar-refractivity contribution in [3.05, 3.63) is 24.3 Å². The first-order chi connectivity index (χ1) is 5.18. The summed E-state index contributed by atoms with van der Waals surface area (Å²) in [7, 11) is -3.33. The second-order valence-corrected chi connectivity index (χ2v) is 3.76. The van der Waals surface area contributed by atoms with E-state index in [1.54, 1.807) is 6.92 Å². The van der Waals surface area contributed by atoms with Gasteiger partial charge in [0.2, 0.25) is 0 Å². The third-order valence-electron chi connectivity index (χ3n) is 0.859. The van der Waals surface area contributed by atoms with Crippen LogP contribution in [0.25, 0.3) is 0 Å². The van der Waals surface area contributed by atoms with Gasteiger partial charge < -0.3 is 4.52 Å². The molecule has 0 spiro atoms. The van der Waals surface area contributed by atoms with Crippen molar-refractivity contribution in [1.82, 2.24) is 0 Å². The molecule has 11 heavy (non-hydrogen) atoms. The average Bonchev–Trinajstić information content (AvgIpc) is 1.88. The molecule has 0 rings (SSSR count). The van der Waals surface area contributed by atoms with Crippen LogP contribution in [0.2, 0.25) is 0 Å². The zero-order valence-electron chi connectivity index (χ0n) is 6.04. The van der Waals surface area contributed by atoms with E-state index in [4.69, 9.17) is 0 Å². The summed E-state index contributed by atoms with van der Waals surface area (Å²) < 4.78 is 38.8. The van der Waals surface area contributed by atoms with Gasteiger partial charge in [-0.15, -0.1) is 0 Å². The highest BCUT2D eigenvalue weighted by atomic mass is 31.2. The Balaban J connectivity index is 4.39. The van der Waals surface area contributed by atoms with Crippen molar-refractivity contribution < 1.29 is 17.9 Å². The van der Waals surface area contributed by atoms with Crippen molar-refractivity contribution in [3.8, 4) is 0 Å². The molecule has 0 fully saturated rings. The monoisotopic (exact) mass is 182 g/mol. The average molecular weight is 182 g/mol. The van der Waals surface area contributed by atoms with Gasteiger partial charge in [-0.1, -0.05) is 0 Å². The van der Waals surface area contributed by atoms with Crippen molar-refractivity contribution in [2.75, 3.05) is 6.61 Å². The van der Waals surface area contributed by atoms with Crippen LogP contribution in [0.4, 0.5) is 8.78 Å². The van der Waals surface area contributed by atoms with Gasteiger partial charge in [0.25, 0.3) is 7.37 Å². The topological polar surface area (TPSA) is 26.3 Å². The Labute approximate surface area is 64.0 Å². The van der Waals surface area contributed by atoms with Crippen molar-refractivity contribution in [2.24, 2.45) is 0 Å². The first-order valence-electron chi connectivity index (χ1n) is 2.98. The van der Waals surface area contributed by atoms with E-state index in [0.29, 0.717) is 11.6 Å². The van der Waals surface area contributed by atoms with E-state index in [9.17, 15) is 13.3 Å². The molecule has 0 heterocycles. The van der Waals surface area contributed by atoms with Crippen LogP contribution in [0.15, 0.2) is 24.3 Å². The van der Waals surface area contributed by atoms with E-state index in [0.717, 1.165) is 0 Å². The summed E-state index contributed by atoms with van der Waals surface area (Å²) in [5.74, 6) is 1.40. The van der Waals surface area contributed by atoms with Crippen LogP contribution in [-0.2, 0) is 9.09 Å². The number of hydrogen-bond donors (Lipinski definition) is 0. The molecular formula is C6H9F2O2P. The molecule has 0 aliphatic rings. The lowest BCUT2D eigenvalue weighted by Crippen LogP contribution is -1.82. The zero-order chi connectivity index (χ0) is 8.74. The van der Waals surface area contributed by atoms with Crippen molar-refractivity contribution in [2.45, 2.75) is 6.92 Å². The van der Waals surface area contributed by atoms with Gasteiger partial charge in [0, 0.05) is 11.6 Å². The zero-order valence-corrected chi connectivity index (χ0v) is 6.93. The van der Waals surface area contributed by atoms with Crippen LogP contribution in [0.3, 0.4) is 0 Å². The highest BCUT2D eigenvalue weighted by molar-refractivity contribution is 7.65. The minimum absolute atomic E-state index is 0.0798. The van der Waals surface area contributed by atoms with E-state index in [1.807, 2.05) is 0 Å². The predicted molar refractivity (Wildman–Crippen MR) is 39.7 cm³/mol.